The molecule has 1 fully saturated rings. The molecule has 0 radical (unpaired) electrons. The molecule has 9 heteroatoms. The Bertz CT molecular complexity index is 704. The first kappa shape index (κ1) is 16.5. The minimum absolute atomic E-state index is 0.0930. The first-order valence-corrected chi connectivity index (χ1v) is 7.55. The van der Waals surface area contributed by atoms with E-state index in [4.69, 9.17) is 23.2 Å². The van der Waals surface area contributed by atoms with Crippen LogP contribution in [0.2, 0.25) is 10.0 Å². The van der Waals surface area contributed by atoms with Crippen LogP contribution in [-0.4, -0.2) is 33.6 Å². The summed E-state index contributed by atoms with van der Waals surface area (Å²) in [6, 6.07) is 3.77. The van der Waals surface area contributed by atoms with Crippen LogP contribution < -0.4 is 0 Å². The molecule has 1 atom stereocenters. The van der Waals surface area contributed by atoms with Gasteiger partial charge in [-0.15, -0.1) is 0 Å². The maximum atomic E-state index is 13.3. The summed E-state index contributed by atoms with van der Waals surface area (Å²) in [5.74, 6) is -1.23. The molecule has 1 aromatic carbocycles. The summed E-state index contributed by atoms with van der Waals surface area (Å²) < 4.78 is 40.0. The van der Waals surface area contributed by atoms with Crippen molar-refractivity contribution >= 4 is 34.8 Å². The van der Waals surface area contributed by atoms with Crippen LogP contribution in [0.3, 0.4) is 0 Å². The molecule has 1 heterocycles. The number of hydrogen-bond acceptors (Lipinski definition) is 3. The number of benzene rings is 1. The molecule has 0 aromatic heterocycles. The summed E-state index contributed by atoms with van der Waals surface area (Å²) in [4.78, 5) is 12.5. The topological polar surface area (TPSA) is 52.9 Å². The highest BCUT2D eigenvalue weighted by Crippen LogP contribution is 2.46. The van der Waals surface area contributed by atoms with E-state index in [-0.39, 0.29) is 32.2 Å². The van der Waals surface area contributed by atoms with Crippen molar-refractivity contribution < 1.29 is 23.1 Å². The van der Waals surface area contributed by atoms with E-state index in [1.807, 2.05) is 0 Å². The highest BCUT2D eigenvalue weighted by Gasteiger charge is 2.64. The van der Waals surface area contributed by atoms with E-state index in [2.05, 4.69) is 5.10 Å². The number of hydrogen-bond donors (Lipinski definition) is 1. The van der Waals surface area contributed by atoms with E-state index in [9.17, 15) is 23.1 Å². The largest absolute Gasteiger partial charge is 0.438 e. The SMILES string of the molecule is O=C(c1ccc(Cl)cc1Cl)N1N=C(C2CC2)C[C@@]1(O)C(F)(F)F. The summed E-state index contributed by atoms with van der Waals surface area (Å²) >= 11 is 11.6. The zero-order valence-electron chi connectivity index (χ0n) is 11.6. The first-order chi connectivity index (χ1) is 10.6. The van der Waals surface area contributed by atoms with E-state index in [1.165, 1.54) is 18.2 Å². The van der Waals surface area contributed by atoms with Crippen molar-refractivity contribution in [2.45, 2.75) is 31.2 Å². The Balaban J connectivity index is 2.01. The molecule has 1 N–H and O–H groups in total. The van der Waals surface area contributed by atoms with Crippen LogP contribution in [0.4, 0.5) is 13.2 Å². The van der Waals surface area contributed by atoms with E-state index in [0.29, 0.717) is 12.8 Å². The van der Waals surface area contributed by atoms with Gasteiger partial charge in [0.2, 0.25) is 0 Å². The Hall–Kier alpha value is -1.31. The smallest absolute Gasteiger partial charge is 0.362 e. The molecule has 1 saturated carbocycles. The maximum Gasteiger partial charge on any atom is 0.438 e. The predicted octanol–water partition coefficient (Wildman–Crippen LogP) is 3.86. The lowest BCUT2D eigenvalue weighted by Gasteiger charge is -2.32. The third-order valence-corrected chi connectivity index (χ3v) is 4.41. The lowest BCUT2D eigenvalue weighted by atomic mass is 10.0. The van der Waals surface area contributed by atoms with Crippen LogP contribution in [0, 0.1) is 5.92 Å². The first-order valence-electron chi connectivity index (χ1n) is 6.79. The molecule has 0 spiro atoms. The standard InChI is InChI=1S/C14H11Cl2F3N2O2/c15-8-3-4-9(10(16)5-8)12(22)21-13(23,14(17,18)19)6-11(20-21)7-1-2-7/h3-5,7,23H,1-2,6H2/t13-/m1/s1. The van der Waals surface area contributed by atoms with Gasteiger partial charge in [0.1, 0.15) is 0 Å². The van der Waals surface area contributed by atoms with Crippen molar-refractivity contribution in [1.82, 2.24) is 5.01 Å². The molecule has 1 aliphatic heterocycles. The Morgan fingerprint density at radius 1 is 1.35 bits per heavy atom. The van der Waals surface area contributed by atoms with Crippen molar-refractivity contribution in [3.8, 4) is 0 Å². The highest BCUT2D eigenvalue weighted by molar-refractivity contribution is 6.36. The van der Waals surface area contributed by atoms with Crippen molar-refractivity contribution in [2.24, 2.45) is 11.0 Å². The lowest BCUT2D eigenvalue weighted by Crippen LogP contribution is -2.56. The number of aliphatic hydroxyl groups is 1. The summed E-state index contributed by atoms with van der Waals surface area (Å²) in [6.07, 6.45) is -4.37. The van der Waals surface area contributed by atoms with Gasteiger partial charge in [0, 0.05) is 17.2 Å². The van der Waals surface area contributed by atoms with Gasteiger partial charge < -0.3 is 5.11 Å². The van der Waals surface area contributed by atoms with Crippen LogP contribution in [0.25, 0.3) is 0 Å². The zero-order chi connectivity index (χ0) is 17.0. The molecule has 23 heavy (non-hydrogen) atoms. The zero-order valence-corrected chi connectivity index (χ0v) is 13.1. The van der Waals surface area contributed by atoms with Crippen LogP contribution in [0.5, 0.6) is 0 Å². The number of halogens is 5. The van der Waals surface area contributed by atoms with E-state index in [1.54, 1.807) is 0 Å². The number of amides is 1. The number of hydrazone groups is 1. The average Bonchev–Trinajstić information content (AvgIpc) is 3.21. The molecule has 0 unspecified atom stereocenters. The van der Waals surface area contributed by atoms with E-state index >= 15 is 0 Å². The van der Waals surface area contributed by atoms with E-state index < -0.39 is 24.2 Å². The van der Waals surface area contributed by atoms with Gasteiger partial charge in [-0.25, -0.2) is 0 Å². The minimum atomic E-state index is -5.04. The molecule has 0 bridgehead atoms. The molecule has 0 saturated heterocycles. The summed E-state index contributed by atoms with van der Waals surface area (Å²) in [5.41, 5.74) is -3.38. The molecular formula is C14H11Cl2F3N2O2. The molecule has 1 aliphatic carbocycles. The molecular weight excluding hydrogens is 356 g/mol. The van der Waals surface area contributed by atoms with Crippen molar-refractivity contribution in [3.05, 3.63) is 33.8 Å². The third-order valence-electron chi connectivity index (χ3n) is 3.86. The van der Waals surface area contributed by atoms with Crippen LogP contribution in [0.1, 0.15) is 29.6 Å². The second kappa shape index (κ2) is 5.36. The van der Waals surface area contributed by atoms with E-state index in [0.717, 1.165) is 0 Å². The van der Waals surface area contributed by atoms with Gasteiger partial charge in [-0.05, 0) is 37.0 Å². The number of carbonyl (C=O) groups is 1. The van der Waals surface area contributed by atoms with Crippen molar-refractivity contribution in [3.63, 3.8) is 0 Å². The minimum Gasteiger partial charge on any atom is -0.362 e. The van der Waals surface area contributed by atoms with Crippen LogP contribution in [0.15, 0.2) is 23.3 Å². The van der Waals surface area contributed by atoms with Gasteiger partial charge >= 0.3 is 6.18 Å². The fourth-order valence-corrected chi connectivity index (χ4v) is 2.92. The maximum absolute atomic E-state index is 13.3. The molecule has 1 aromatic rings. The Morgan fingerprint density at radius 3 is 2.52 bits per heavy atom. The second-order valence-electron chi connectivity index (χ2n) is 5.60. The van der Waals surface area contributed by atoms with Gasteiger partial charge in [0.25, 0.3) is 11.6 Å². The number of alkyl halides is 3. The Morgan fingerprint density at radius 2 is 2.00 bits per heavy atom. The monoisotopic (exact) mass is 366 g/mol. The number of carbonyl (C=O) groups excluding carboxylic acids is 1. The quantitative estimate of drug-likeness (QED) is 0.863. The summed E-state index contributed by atoms with van der Waals surface area (Å²) in [7, 11) is 0. The normalized spacial score (nSPS) is 24.8. The fraction of sp³-hybridized carbons (Fsp3) is 0.429. The van der Waals surface area contributed by atoms with Crippen molar-refractivity contribution in [1.29, 1.82) is 0 Å². The predicted molar refractivity (Wildman–Crippen MR) is 78.4 cm³/mol. The average molecular weight is 367 g/mol. The molecule has 4 nitrogen and oxygen atoms in total. The van der Waals surface area contributed by atoms with Crippen molar-refractivity contribution in [2.75, 3.05) is 0 Å². The van der Waals surface area contributed by atoms with Gasteiger partial charge in [-0.2, -0.15) is 23.3 Å². The Labute approximate surface area is 139 Å². The summed E-state index contributed by atoms with van der Waals surface area (Å²) in [6.45, 7) is 0. The van der Waals surface area contributed by atoms with Crippen LogP contribution >= 0.6 is 23.2 Å². The van der Waals surface area contributed by atoms with Crippen LogP contribution in [-0.2, 0) is 0 Å². The summed E-state index contributed by atoms with van der Waals surface area (Å²) in [5, 5.41) is 14.1. The second-order valence-corrected chi connectivity index (χ2v) is 6.44. The highest BCUT2D eigenvalue weighted by atomic mass is 35.5. The molecule has 124 valence electrons. The molecule has 1 amide bonds. The lowest BCUT2D eigenvalue weighted by molar-refractivity contribution is -0.297. The number of nitrogens with zero attached hydrogens (tertiary/aromatic N) is 2. The van der Waals surface area contributed by atoms with Gasteiger partial charge in [0.05, 0.1) is 10.6 Å². The van der Waals surface area contributed by atoms with Gasteiger partial charge in [0.15, 0.2) is 0 Å². The fourth-order valence-electron chi connectivity index (χ4n) is 2.43. The number of rotatable bonds is 2. The van der Waals surface area contributed by atoms with Gasteiger partial charge in [-0.3, -0.25) is 4.79 Å². The Kier molecular flexibility index (Phi) is 3.85. The molecule has 3 rings (SSSR count). The molecule has 2 aliphatic rings. The van der Waals surface area contributed by atoms with Gasteiger partial charge in [-0.1, -0.05) is 23.2 Å². The third kappa shape index (κ3) is 2.81.